The molecule has 30 heavy (non-hydrogen) atoms. The van der Waals surface area contributed by atoms with E-state index < -0.39 is 5.82 Å². The van der Waals surface area contributed by atoms with E-state index in [0.717, 1.165) is 12.8 Å². The van der Waals surface area contributed by atoms with Crippen LogP contribution in [0.5, 0.6) is 0 Å². The van der Waals surface area contributed by atoms with E-state index in [1.165, 1.54) is 12.1 Å². The van der Waals surface area contributed by atoms with Crippen LogP contribution in [0.4, 0.5) is 15.8 Å². The fraction of sp³-hybridized carbons (Fsp3) is 0.409. The summed E-state index contributed by atoms with van der Waals surface area (Å²) in [7, 11) is 0. The second-order valence-electron chi connectivity index (χ2n) is 7.90. The fourth-order valence-electron chi connectivity index (χ4n) is 4.11. The van der Waals surface area contributed by atoms with Gasteiger partial charge in [-0.2, -0.15) is 0 Å². The van der Waals surface area contributed by atoms with Crippen molar-refractivity contribution in [1.29, 1.82) is 0 Å². The van der Waals surface area contributed by atoms with E-state index in [1.54, 1.807) is 35.2 Å². The molecule has 0 bridgehead atoms. The van der Waals surface area contributed by atoms with Gasteiger partial charge in [0, 0.05) is 41.7 Å². The number of hydrogen-bond acceptors (Lipinski definition) is 4. The number of amides is 1. The van der Waals surface area contributed by atoms with Gasteiger partial charge in [0.2, 0.25) is 5.91 Å². The van der Waals surface area contributed by atoms with Crippen molar-refractivity contribution in [1.82, 2.24) is 4.90 Å². The highest BCUT2D eigenvalue weighted by atomic mass is 35.5. The van der Waals surface area contributed by atoms with E-state index in [-0.39, 0.29) is 35.0 Å². The molecule has 2 aliphatic rings. The molecule has 0 atom stereocenters. The van der Waals surface area contributed by atoms with Crippen molar-refractivity contribution < 1.29 is 14.1 Å². The van der Waals surface area contributed by atoms with Crippen LogP contribution >= 0.6 is 11.6 Å². The van der Waals surface area contributed by atoms with Gasteiger partial charge >= 0.3 is 0 Å². The third-order valence-corrected chi connectivity index (χ3v) is 6.28. The van der Waals surface area contributed by atoms with Gasteiger partial charge in [-0.15, -0.1) is 0 Å². The molecule has 2 aromatic carbocycles. The summed E-state index contributed by atoms with van der Waals surface area (Å²) in [6.45, 7) is 1.32. The number of para-hydroxylation sites is 2. The Labute approximate surface area is 179 Å². The maximum absolute atomic E-state index is 14.3. The summed E-state index contributed by atoms with van der Waals surface area (Å²) in [6.07, 6.45) is 3.07. The van der Waals surface area contributed by atoms with Gasteiger partial charge in [-0.1, -0.05) is 29.8 Å². The van der Waals surface area contributed by atoms with E-state index in [9.17, 15) is 19.3 Å². The molecule has 2 fully saturated rings. The lowest BCUT2D eigenvalue weighted by molar-refractivity contribution is -0.384. The first-order chi connectivity index (χ1) is 14.5. The van der Waals surface area contributed by atoms with E-state index in [4.69, 9.17) is 11.6 Å². The number of benzene rings is 2. The van der Waals surface area contributed by atoms with Crippen LogP contribution in [0.15, 0.2) is 42.5 Å². The van der Waals surface area contributed by atoms with E-state index in [1.807, 2.05) is 4.90 Å². The zero-order valence-corrected chi connectivity index (χ0v) is 17.2. The molecular weight excluding hydrogens is 409 g/mol. The molecule has 0 spiro atoms. The molecule has 8 heteroatoms. The molecule has 0 radical (unpaired) electrons. The second-order valence-corrected chi connectivity index (χ2v) is 8.31. The topological polar surface area (TPSA) is 66.7 Å². The van der Waals surface area contributed by atoms with Gasteiger partial charge in [-0.05, 0) is 43.9 Å². The lowest BCUT2D eigenvalue weighted by atomic mass is 9.94. The maximum Gasteiger partial charge on any atom is 0.292 e. The summed E-state index contributed by atoms with van der Waals surface area (Å²) in [5.41, 5.74) is 1.03. The van der Waals surface area contributed by atoms with Crippen molar-refractivity contribution in [3.05, 3.63) is 69.0 Å². The van der Waals surface area contributed by atoms with Crippen LogP contribution in [0, 0.1) is 21.8 Å². The molecule has 2 aromatic rings. The van der Waals surface area contributed by atoms with Crippen LogP contribution in [0.2, 0.25) is 5.02 Å². The number of anilines is 1. The minimum absolute atomic E-state index is 0.0269. The molecule has 1 aliphatic heterocycles. The predicted molar refractivity (Wildman–Crippen MR) is 113 cm³/mol. The van der Waals surface area contributed by atoms with Crippen molar-refractivity contribution >= 4 is 28.9 Å². The number of carbonyl (C=O) groups excluding carboxylic acids is 1. The molecule has 0 unspecified atom stereocenters. The largest absolute Gasteiger partial charge is 0.366 e. The number of nitrogens with zero attached hydrogens (tertiary/aromatic N) is 3. The predicted octanol–water partition coefficient (Wildman–Crippen LogP) is 4.79. The van der Waals surface area contributed by atoms with Crippen molar-refractivity contribution in [2.24, 2.45) is 5.92 Å². The summed E-state index contributed by atoms with van der Waals surface area (Å²) in [6, 6.07) is 11.4. The lowest BCUT2D eigenvalue weighted by Crippen LogP contribution is -2.43. The minimum atomic E-state index is -0.396. The van der Waals surface area contributed by atoms with Gasteiger partial charge in [0.15, 0.2) is 0 Å². The maximum atomic E-state index is 14.3. The number of hydrogen-bond donors (Lipinski definition) is 0. The molecule has 1 amide bonds. The van der Waals surface area contributed by atoms with E-state index in [0.29, 0.717) is 42.2 Å². The number of piperidine rings is 1. The smallest absolute Gasteiger partial charge is 0.292 e. The first-order valence-corrected chi connectivity index (χ1v) is 10.5. The molecule has 1 aliphatic carbocycles. The fourth-order valence-corrected chi connectivity index (χ4v) is 4.34. The van der Waals surface area contributed by atoms with Gasteiger partial charge in [0.05, 0.1) is 11.5 Å². The minimum Gasteiger partial charge on any atom is -0.366 e. The second kappa shape index (κ2) is 8.60. The Kier molecular flexibility index (Phi) is 5.90. The van der Waals surface area contributed by atoms with Crippen molar-refractivity contribution in [2.45, 2.75) is 38.3 Å². The van der Waals surface area contributed by atoms with Crippen LogP contribution < -0.4 is 4.90 Å². The molecule has 1 heterocycles. The average molecular weight is 432 g/mol. The van der Waals surface area contributed by atoms with Crippen LogP contribution in [-0.4, -0.2) is 34.9 Å². The first kappa shape index (κ1) is 20.6. The van der Waals surface area contributed by atoms with E-state index in [2.05, 4.69) is 0 Å². The lowest BCUT2D eigenvalue weighted by Gasteiger charge is -2.35. The summed E-state index contributed by atoms with van der Waals surface area (Å²) >= 11 is 6.18. The first-order valence-electron chi connectivity index (χ1n) is 10.2. The van der Waals surface area contributed by atoms with Gasteiger partial charge in [0.25, 0.3) is 5.69 Å². The number of nitro benzene ring substituents is 1. The summed E-state index contributed by atoms with van der Waals surface area (Å²) in [5.74, 6) is -0.540. The van der Waals surface area contributed by atoms with Crippen LogP contribution in [0.1, 0.15) is 31.2 Å². The Morgan fingerprint density at radius 2 is 1.83 bits per heavy atom. The standard InChI is InChI=1S/C22H23ClFN3O3/c23-18-4-3-5-19(24)17(18)14-26(16-8-9-16)22(28)15-10-12-25(13-11-15)20-6-1-2-7-21(20)27(29)30/h1-7,15-16H,8-14H2. The summed E-state index contributed by atoms with van der Waals surface area (Å²) in [5, 5.41) is 11.6. The van der Waals surface area contributed by atoms with Gasteiger partial charge in [0.1, 0.15) is 11.5 Å². The number of carbonyl (C=O) groups is 1. The van der Waals surface area contributed by atoms with Crippen molar-refractivity contribution in [2.75, 3.05) is 18.0 Å². The number of rotatable bonds is 6. The quantitative estimate of drug-likeness (QED) is 0.487. The zero-order valence-electron chi connectivity index (χ0n) is 16.5. The molecule has 0 N–H and O–H groups in total. The summed E-state index contributed by atoms with van der Waals surface area (Å²) < 4.78 is 14.3. The Bertz CT molecular complexity index is 938. The van der Waals surface area contributed by atoms with Gasteiger partial charge in [-0.25, -0.2) is 4.39 Å². The van der Waals surface area contributed by atoms with E-state index >= 15 is 0 Å². The Balaban J connectivity index is 1.45. The van der Waals surface area contributed by atoms with Crippen LogP contribution in [0.3, 0.4) is 0 Å². The van der Waals surface area contributed by atoms with Crippen molar-refractivity contribution in [3.8, 4) is 0 Å². The number of nitro groups is 1. The van der Waals surface area contributed by atoms with Crippen LogP contribution in [0.25, 0.3) is 0 Å². The Morgan fingerprint density at radius 1 is 1.13 bits per heavy atom. The highest BCUT2D eigenvalue weighted by Crippen LogP contribution is 2.35. The molecule has 1 saturated carbocycles. The Hall–Kier alpha value is -2.67. The molecule has 4 rings (SSSR count). The summed E-state index contributed by atoms with van der Waals surface area (Å²) in [4.78, 5) is 27.9. The Morgan fingerprint density at radius 3 is 2.47 bits per heavy atom. The molecular formula is C22H23ClFN3O3. The SMILES string of the molecule is O=C(C1CCN(c2ccccc2[N+](=O)[O-])CC1)N(Cc1c(F)cccc1Cl)C1CC1. The van der Waals surface area contributed by atoms with Crippen LogP contribution in [-0.2, 0) is 11.3 Å². The van der Waals surface area contributed by atoms with Gasteiger partial charge < -0.3 is 9.80 Å². The third-order valence-electron chi connectivity index (χ3n) is 5.92. The highest BCUT2D eigenvalue weighted by Gasteiger charge is 2.38. The molecule has 6 nitrogen and oxygen atoms in total. The average Bonchev–Trinajstić information content (AvgIpc) is 3.58. The van der Waals surface area contributed by atoms with Gasteiger partial charge in [-0.3, -0.25) is 14.9 Å². The molecule has 0 aromatic heterocycles. The highest BCUT2D eigenvalue weighted by molar-refractivity contribution is 6.31. The van der Waals surface area contributed by atoms with Crippen molar-refractivity contribution in [3.63, 3.8) is 0 Å². The monoisotopic (exact) mass is 431 g/mol. The third kappa shape index (κ3) is 4.26. The normalized spacial score (nSPS) is 17.1. The molecule has 1 saturated heterocycles. The number of halogens is 2. The molecule has 158 valence electrons. The zero-order chi connectivity index (χ0) is 21.3.